The molecule has 4 aromatic rings. The zero-order valence-electron chi connectivity index (χ0n) is 21.9. The van der Waals surface area contributed by atoms with Crippen molar-refractivity contribution in [2.24, 2.45) is 7.05 Å². The van der Waals surface area contributed by atoms with Crippen LogP contribution in [0.25, 0.3) is 27.9 Å². The molecule has 1 aliphatic heterocycles. The number of benzene rings is 2. The van der Waals surface area contributed by atoms with Crippen LogP contribution in [0, 0.1) is 19.7 Å². The number of piperazine rings is 1. The van der Waals surface area contributed by atoms with Crippen LogP contribution in [0.1, 0.15) is 16.8 Å². The summed E-state index contributed by atoms with van der Waals surface area (Å²) in [5.74, 6) is 0.254. The van der Waals surface area contributed by atoms with E-state index in [0.717, 1.165) is 27.9 Å². The lowest BCUT2D eigenvalue weighted by Crippen LogP contribution is -2.48. The fourth-order valence-electron chi connectivity index (χ4n) is 5.00. The first-order valence-electron chi connectivity index (χ1n) is 12.4. The minimum absolute atomic E-state index is 0.204. The number of rotatable bonds is 6. The van der Waals surface area contributed by atoms with Gasteiger partial charge in [0.1, 0.15) is 5.82 Å². The molecule has 1 fully saturated rings. The molecule has 200 valence electrons. The summed E-state index contributed by atoms with van der Waals surface area (Å²) < 4.78 is 40.3. The van der Waals surface area contributed by atoms with Crippen molar-refractivity contribution in [3.05, 3.63) is 69.4 Å². The molecule has 2 aromatic carbocycles. The van der Waals surface area contributed by atoms with Crippen LogP contribution >= 0.6 is 0 Å². The smallest absolute Gasteiger partial charge is 0.258 e. The lowest BCUT2D eigenvalue weighted by Gasteiger charge is -2.32. The minimum atomic E-state index is -3.16. The van der Waals surface area contributed by atoms with Crippen LogP contribution in [0.4, 0.5) is 16.0 Å². The number of halogens is 1. The molecule has 2 N–H and O–H groups in total. The summed E-state index contributed by atoms with van der Waals surface area (Å²) in [4.78, 5) is 23.2. The Bertz CT molecular complexity index is 1730. The number of fused-ring (bicyclic) bond motifs is 3. The molecule has 9 nitrogen and oxygen atoms in total. The third kappa shape index (κ3) is 4.96. The van der Waals surface area contributed by atoms with E-state index in [9.17, 15) is 17.6 Å². The van der Waals surface area contributed by atoms with E-state index in [2.05, 4.69) is 20.2 Å². The summed E-state index contributed by atoms with van der Waals surface area (Å²) in [5, 5.41) is 4.66. The highest BCUT2D eigenvalue weighted by atomic mass is 32.2. The van der Waals surface area contributed by atoms with E-state index in [1.165, 1.54) is 22.7 Å². The Balaban J connectivity index is 1.42. The quantitative estimate of drug-likeness (QED) is 0.390. The Hall–Kier alpha value is -3.54. The van der Waals surface area contributed by atoms with E-state index in [-0.39, 0.29) is 11.4 Å². The predicted octanol–water partition coefficient (Wildman–Crippen LogP) is 3.50. The van der Waals surface area contributed by atoms with Crippen LogP contribution in [0.3, 0.4) is 0 Å². The number of hydrogen-bond donors (Lipinski definition) is 2. The van der Waals surface area contributed by atoms with Gasteiger partial charge >= 0.3 is 0 Å². The molecule has 1 saturated heterocycles. The Morgan fingerprint density at radius 2 is 1.87 bits per heavy atom. The van der Waals surface area contributed by atoms with Crippen LogP contribution in [0.5, 0.6) is 0 Å². The normalized spacial score (nSPS) is 15.7. The standard InChI is InChI=1S/C27H31FN6O3S/c1-17-16-19(28)7-9-21(17)30-27-31-23-10-8-20-18(2)22(29-26(35)24(20)25(23)32(27)3)6-5-11-33-12-14-34(15-13-33)38(4,36)37/h5-10,16H,11-15H2,1-4H3,(H,29,35)(H,30,31). The molecule has 0 spiro atoms. The van der Waals surface area contributed by atoms with Crippen molar-refractivity contribution in [3.63, 3.8) is 0 Å². The number of hydrogen-bond acceptors (Lipinski definition) is 6. The SMILES string of the molecule is Cc1cc(F)ccc1Nc1nc2ccc3c(C)c(C=CCN4CCN(S(C)(=O)=O)CC4)[nH]c(=O)c3c2n1C. The third-order valence-corrected chi connectivity index (χ3v) is 8.51. The molecule has 0 atom stereocenters. The summed E-state index contributed by atoms with van der Waals surface area (Å²) in [6, 6.07) is 8.35. The number of nitrogens with zero attached hydrogens (tertiary/aromatic N) is 4. The van der Waals surface area contributed by atoms with Gasteiger partial charge in [-0.3, -0.25) is 9.69 Å². The summed E-state index contributed by atoms with van der Waals surface area (Å²) in [6.07, 6.45) is 5.15. The highest BCUT2D eigenvalue weighted by Gasteiger charge is 2.22. The minimum Gasteiger partial charge on any atom is -0.325 e. The van der Waals surface area contributed by atoms with Gasteiger partial charge in [0, 0.05) is 51.2 Å². The molecule has 0 aliphatic carbocycles. The first kappa shape index (κ1) is 26.1. The van der Waals surface area contributed by atoms with Gasteiger partial charge in [-0.15, -0.1) is 0 Å². The van der Waals surface area contributed by atoms with Crippen molar-refractivity contribution in [2.45, 2.75) is 13.8 Å². The van der Waals surface area contributed by atoms with Gasteiger partial charge in [-0.1, -0.05) is 12.1 Å². The molecule has 0 bridgehead atoms. The van der Waals surface area contributed by atoms with Crippen LogP contribution < -0.4 is 10.9 Å². The lowest BCUT2D eigenvalue weighted by atomic mass is 10.0. The van der Waals surface area contributed by atoms with Crippen LogP contribution in [0.2, 0.25) is 0 Å². The highest BCUT2D eigenvalue weighted by Crippen LogP contribution is 2.30. The summed E-state index contributed by atoms with van der Waals surface area (Å²) in [6.45, 7) is 6.76. The van der Waals surface area contributed by atoms with Crippen LogP contribution in [-0.4, -0.2) is 71.1 Å². The average Bonchev–Trinajstić information content (AvgIpc) is 3.18. The monoisotopic (exact) mass is 538 g/mol. The zero-order valence-corrected chi connectivity index (χ0v) is 22.7. The van der Waals surface area contributed by atoms with E-state index in [1.54, 1.807) is 6.07 Å². The molecule has 0 radical (unpaired) electrons. The van der Waals surface area contributed by atoms with Gasteiger partial charge in [0.2, 0.25) is 16.0 Å². The number of anilines is 2. The molecule has 0 unspecified atom stereocenters. The third-order valence-electron chi connectivity index (χ3n) is 7.20. The van der Waals surface area contributed by atoms with E-state index in [1.807, 2.05) is 49.7 Å². The van der Waals surface area contributed by atoms with Gasteiger partial charge in [-0.25, -0.2) is 17.8 Å². The Morgan fingerprint density at radius 1 is 1.13 bits per heavy atom. The molecule has 11 heteroatoms. The Morgan fingerprint density at radius 3 is 2.55 bits per heavy atom. The number of sulfonamides is 1. The number of aryl methyl sites for hydroxylation is 3. The van der Waals surface area contributed by atoms with Gasteiger partial charge in [-0.2, -0.15) is 4.31 Å². The second-order valence-corrected chi connectivity index (χ2v) is 11.8. The summed E-state index contributed by atoms with van der Waals surface area (Å²) >= 11 is 0. The van der Waals surface area contributed by atoms with E-state index >= 15 is 0 Å². The number of nitrogens with one attached hydrogen (secondary N) is 2. The number of imidazole rings is 1. The van der Waals surface area contributed by atoms with E-state index in [0.29, 0.717) is 55.1 Å². The molecular formula is C27H31FN6O3S. The maximum absolute atomic E-state index is 13.5. The van der Waals surface area contributed by atoms with Gasteiger partial charge in [0.05, 0.1) is 22.7 Å². The second-order valence-electron chi connectivity index (χ2n) is 9.79. The van der Waals surface area contributed by atoms with Gasteiger partial charge in [0.15, 0.2) is 0 Å². The zero-order chi connectivity index (χ0) is 27.2. The van der Waals surface area contributed by atoms with Crippen molar-refractivity contribution < 1.29 is 12.8 Å². The second kappa shape index (κ2) is 9.97. The number of pyridine rings is 1. The summed E-state index contributed by atoms with van der Waals surface area (Å²) in [5.41, 5.74) is 4.37. The predicted molar refractivity (Wildman–Crippen MR) is 150 cm³/mol. The Labute approximate surface area is 220 Å². The number of H-pyrrole nitrogens is 1. The molecule has 38 heavy (non-hydrogen) atoms. The maximum atomic E-state index is 13.5. The fraction of sp³-hybridized carbons (Fsp3) is 0.333. The van der Waals surface area contributed by atoms with Crippen LogP contribution in [0.15, 0.2) is 41.2 Å². The van der Waals surface area contributed by atoms with Gasteiger partial charge in [0.25, 0.3) is 5.56 Å². The average molecular weight is 539 g/mol. The van der Waals surface area contributed by atoms with Crippen molar-refractivity contribution in [3.8, 4) is 0 Å². The van der Waals surface area contributed by atoms with Crippen molar-refractivity contribution in [1.82, 2.24) is 23.7 Å². The molecule has 5 rings (SSSR count). The van der Waals surface area contributed by atoms with Crippen LogP contribution in [-0.2, 0) is 17.1 Å². The van der Waals surface area contributed by atoms with E-state index < -0.39 is 10.0 Å². The van der Waals surface area contributed by atoms with Crippen molar-refractivity contribution >= 4 is 49.5 Å². The number of aromatic amines is 1. The molecule has 0 saturated carbocycles. The first-order chi connectivity index (χ1) is 18.0. The van der Waals surface area contributed by atoms with Crippen molar-refractivity contribution in [1.29, 1.82) is 0 Å². The van der Waals surface area contributed by atoms with Gasteiger partial charge in [-0.05, 0) is 60.7 Å². The highest BCUT2D eigenvalue weighted by molar-refractivity contribution is 7.88. The largest absolute Gasteiger partial charge is 0.325 e. The fourth-order valence-corrected chi connectivity index (χ4v) is 5.83. The molecule has 1 aliphatic rings. The molecule has 0 amide bonds. The lowest BCUT2D eigenvalue weighted by molar-refractivity contribution is 0.205. The first-order valence-corrected chi connectivity index (χ1v) is 14.3. The molecular weight excluding hydrogens is 507 g/mol. The van der Waals surface area contributed by atoms with Gasteiger partial charge < -0.3 is 14.9 Å². The topological polar surface area (TPSA) is 103 Å². The maximum Gasteiger partial charge on any atom is 0.258 e. The Kier molecular flexibility index (Phi) is 6.84. The summed E-state index contributed by atoms with van der Waals surface area (Å²) in [7, 11) is -1.31. The number of aromatic nitrogens is 3. The molecule has 3 heterocycles. The van der Waals surface area contributed by atoms with Crippen molar-refractivity contribution in [2.75, 3.05) is 44.3 Å². The molecule has 2 aromatic heterocycles. The van der Waals surface area contributed by atoms with E-state index in [4.69, 9.17) is 0 Å².